The molecular formula is C24H25N5O3. The first-order valence-electron chi connectivity index (χ1n) is 10.7. The molecule has 0 bridgehead atoms. The molecule has 0 amide bonds. The van der Waals surface area contributed by atoms with Crippen molar-refractivity contribution in [3.05, 3.63) is 72.6 Å². The smallest absolute Gasteiger partial charge is 0.241 e. The Labute approximate surface area is 186 Å². The van der Waals surface area contributed by atoms with Gasteiger partial charge in [-0.1, -0.05) is 47.6 Å². The van der Waals surface area contributed by atoms with Crippen molar-refractivity contribution in [2.24, 2.45) is 0 Å². The zero-order valence-corrected chi connectivity index (χ0v) is 18.0. The first kappa shape index (κ1) is 20.4. The van der Waals surface area contributed by atoms with Gasteiger partial charge in [0, 0.05) is 31.7 Å². The van der Waals surface area contributed by atoms with E-state index in [4.69, 9.17) is 13.7 Å². The summed E-state index contributed by atoms with van der Waals surface area (Å²) >= 11 is 0. The molecule has 0 radical (unpaired) electrons. The molecule has 4 aromatic rings. The van der Waals surface area contributed by atoms with Gasteiger partial charge in [0.15, 0.2) is 0 Å². The van der Waals surface area contributed by atoms with Gasteiger partial charge < -0.3 is 13.7 Å². The molecule has 8 nitrogen and oxygen atoms in total. The van der Waals surface area contributed by atoms with Gasteiger partial charge in [-0.25, -0.2) is 4.98 Å². The summed E-state index contributed by atoms with van der Waals surface area (Å²) in [5.41, 5.74) is 2.77. The van der Waals surface area contributed by atoms with Gasteiger partial charge >= 0.3 is 0 Å². The normalized spacial score (nSPS) is 15.2. The summed E-state index contributed by atoms with van der Waals surface area (Å²) < 4.78 is 16.6. The van der Waals surface area contributed by atoms with Crippen LogP contribution in [0.4, 0.5) is 0 Å². The second-order valence-corrected chi connectivity index (χ2v) is 7.76. The standard InChI is InChI=1S/C24H25N5O3/c1-30-21-10-6-5-9-19(21)24-26-23(32-27-24)16-29-13-11-28(12-14-29)15-22-25-20(17-31-22)18-7-3-2-4-8-18/h2-10,17H,11-16H2,1H3. The van der Waals surface area contributed by atoms with Gasteiger partial charge in [0.05, 0.1) is 25.8 Å². The Morgan fingerprint density at radius 3 is 2.28 bits per heavy atom. The number of nitrogens with zero attached hydrogens (tertiary/aromatic N) is 5. The van der Waals surface area contributed by atoms with Crippen molar-refractivity contribution in [1.82, 2.24) is 24.9 Å². The molecule has 2 aromatic heterocycles. The van der Waals surface area contributed by atoms with Crippen molar-refractivity contribution in [1.29, 1.82) is 0 Å². The summed E-state index contributed by atoms with van der Waals surface area (Å²) in [6, 6.07) is 17.8. The maximum atomic E-state index is 5.70. The number of ether oxygens (including phenoxy) is 1. The molecule has 2 aromatic carbocycles. The van der Waals surface area contributed by atoms with E-state index in [1.807, 2.05) is 54.6 Å². The van der Waals surface area contributed by atoms with Crippen molar-refractivity contribution < 1.29 is 13.7 Å². The highest BCUT2D eigenvalue weighted by Crippen LogP contribution is 2.27. The topological polar surface area (TPSA) is 80.7 Å². The molecule has 0 spiro atoms. The number of hydrogen-bond acceptors (Lipinski definition) is 8. The Morgan fingerprint density at radius 1 is 0.844 bits per heavy atom. The molecular weight excluding hydrogens is 406 g/mol. The van der Waals surface area contributed by atoms with Crippen molar-refractivity contribution in [3.8, 4) is 28.4 Å². The van der Waals surface area contributed by atoms with Crippen LogP contribution in [0, 0.1) is 0 Å². The largest absolute Gasteiger partial charge is 0.496 e. The molecule has 1 saturated heterocycles. The second kappa shape index (κ2) is 9.33. The molecule has 1 aliphatic heterocycles. The fourth-order valence-electron chi connectivity index (χ4n) is 3.87. The molecule has 1 aliphatic rings. The third kappa shape index (κ3) is 4.56. The molecule has 5 rings (SSSR count). The molecule has 0 aliphatic carbocycles. The molecule has 164 valence electrons. The van der Waals surface area contributed by atoms with E-state index in [1.165, 1.54) is 0 Å². The third-order valence-electron chi connectivity index (χ3n) is 5.62. The van der Waals surface area contributed by atoms with E-state index in [0.29, 0.717) is 24.8 Å². The summed E-state index contributed by atoms with van der Waals surface area (Å²) in [5.74, 6) is 2.64. The number of piperazine rings is 1. The number of hydrogen-bond donors (Lipinski definition) is 0. The highest BCUT2D eigenvalue weighted by atomic mass is 16.5. The van der Waals surface area contributed by atoms with Gasteiger partial charge in [0.2, 0.25) is 17.6 Å². The predicted octanol–water partition coefficient (Wildman–Crippen LogP) is 3.72. The van der Waals surface area contributed by atoms with Gasteiger partial charge in [-0.2, -0.15) is 4.98 Å². The quantitative estimate of drug-likeness (QED) is 0.438. The minimum absolute atomic E-state index is 0.550. The summed E-state index contributed by atoms with van der Waals surface area (Å²) in [6.07, 6.45) is 1.73. The Balaban J connectivity index is 1.14. The monoisotopic (exact) mass is 431 g/mol. The number of benzene rings is 2. The van der Waals surface area contributed by atoms with Crippen molar-refractivity contribution in [2.75, 3.05) is 33.3 Å². The lowest BCUT2D eigenvalue weighted by atomic mass is 10.2. The van der Waals surface area contributed by atoms with E-state index in [1.54, 1.807) is 13.4 Å². The van der Waals surface area contributed by atoms with Crippen LogP contribution in [0.2, 0.25) is 0 Å². The first-order chi connectivity index (χ1) is 15.8. The molecule has 0 unspecified atom stereocenters. The fraction of sp³-hybridized carbons (Fsp3) is 0.292. The first-order valence-corrected chi connectivity index (χ1v) is 10.7. The average Bonchev–Trinajstić information content (AvgIpc) is 3.51. The lowest BCUT2D eigenvalue weighted by molar-refractivity contribution is 0.105. The van der Waals surface area contributed by atoms with Gasteiger partial charge in [-0.3, -0.25) is 9.80 Å². The zero-order valence-electron chi connectivity index (χ0n) is 18.0. The number of aromatic nitrogens is 3. The van der Waals surface area contributed by atoms with E-state index in [-0.39, 0.29) is 0 Å². The number of methoxy groups -OCH3 is 1. The summed E-state index contributed by atoms with van der Waals surface area (Å²) in [7, 11) is 1.64. The minimum atomic E-state index is 0.550. The van der Waals surface area contributed by atoms with Crippen LogP contribution in [-0.2, 0) is 13.1 Å². The van der Waals surface area contributed by atoms with Crippen LogP contribution in [-0.4, -0.2) is 58.2 Å². The Hall–Kier alpha value is -3.49. The summed E-state index contributed by atoms with van der Waals surface area (Å²) in [6.45, 7) is 5.02. The van der Waals surface area contributed by atoms with Crippen LogP contribution in [0.25, 0.3) is 22.6 Å². The number of rotatable bonds is 7. The maximum absolute atomic E-state index is 5.70. The molecule has 0 atom stereocenters. The third-order valence-corrected chi connectivity index (χ3v) is 5.62. The fourth-order valence-corrected chi connectivity index (χ4v) is 3.87. The van der Waals surface area contributed by atoms with Gasteiger partial charge in [0.1, 0.15) is 17.7 Å². The number of oxazole rings is 1. The van der Waals surface area contributed by atoms with Crippen molar-refractivity contribution in [2.45, 2.75) is 13.1 Å². The van der Waals surface area contributed by atoms with E-state index >= 15 is 0 Å². The molecule has 3 heterocycles. The van der Waals surface area contributed by atoms with E-state index in [9.17, 15) is 0 Å². The van der Waals surface area contributed by atoms with Crippen LogP contribution >= 0.6 is 0 Å². The van der Waals surface area contributed by atoms with Crippen molar-refractivity contribution in [3.63, 3.8) is 0 Å². The SMILES string of the molecule is COc1ccccc1-c1noc(CN2CCN(Cc3nc(-c4ccccc4)co3)CC2)n1. The van der Waals surface area contributed by atoms with Crippen LogP contribution in [0.5, 0.6) is 5.75 Å². The Bertz CT molecular complexity index is 1150. The minimum Gasteiger partial charge on any atom is -0.496 e. The van der Waals surface area contributed by atoms with Crippen LogP contribution in [0.3, 0.4) is 0 Å². The van der Waals surface area contributed by atoms with E-state index < -0.39 is 0 Å². The molecule has 0 saturated carbocycles. The second-order valence-electron chi connectivity index (χ2n) is 7.76. The van der Waals surface area contributed by atoms with Crippen molar-refractivity contribution >= 4 is 0 Å². The Kier molecular flexibility index (Phi) is 5.96. The molecule has 32 heavy (non-hydrogen) atoms. The van der Waals surface area contributed by atoms with Gasteiger partial charge in [0.25, 0.3) is 0 Å². The van der Waals surface area contributed by atoms with Gasteiger partial charge in [-0.05, 0) is 12.1 Å². The average molecular weight is 431 g/mol. The summed E-state index contributed by atoms with van der Waals surface area (Å²) in [5, 5.41) is 4.13. The van der Waals surface area contributed by atoms with Crippen LogP contribution < -0.4 is 4.74 Å². The highest BCUT2D eigenvalue weighted by Gasteiger charge is 2.21. The lowest BCUT2D eigenvalue weighted by Crippen LogP contribution is -2.45. The predicted molar refractivity (Wildman–Crippen MR) is 119 cm³/mol. The Morgan fingerprint density at radius 2 is 1.53 bits per heavy atom. The maximum Gasteiger partial charge on any atom is 0.241 e. The van der Waals surface area contributed by atoms with Crippen LogP contribution in [0.1, 0.15) is 11.8 Å². The molecule has 8 heteroatoms. The van der Waals surface area contributed by atoms with Gasteiger partial charge in [-0.15, -0.1) is 0 Å². The molecule has 1 fully saturated rings. The number of para-hydroxylation sites is 1. The summed E-state index contributed by atoms with van der Waals surface area (Å²) in [4.78, 5) is 13.9. The molecule has 0 N–H and O–H groups in total. The highest BCUT2D eigenvalue weighted by molar-refractivity contribution is 5.63. The lowest BCUT2D eigenvalue weighted by Gasteiger charge is -2.33. The van der Waals surface area contributed by atoms with E-state index in [2.05, 4.69) is 24.9 Å². The van der Waals surface area contributed by atoms with Crippen LogP contribution in [0.15, 0.2) is 69.8 Å². The zero-order chi connectivity index (χ0) is 21.8. The van der Waals surface area contributed by atoms with E-state index in [0.717, 1.165) is 54.6 Å².